The van der Waals surface area contributed by atoms with Crippen LogP contribution in [0, 0.1) is 17.8 Å². The maximum Gasteiger partial charge on any atom is 0.238 e. The molecule has 3 N–H and O–H groups in total. The number of anilines is 3. The number of rotatable bonds is 8. The SMILES string of the molecule is C/C(=C\c1ccccc1O)CC[C@H]1OC[C@H]2C1=C(CO)C[C@H]1C(=O)N(c3ccc(Nc4ccccc4)cc3)C(=O)[C@H]12. The molecule has 210 valence electrons. The van der Waals surface area contributed by atoms with Gasteiger partial charge in [-0.25, -0.2) is 0 Å². The first-order chi connectivity index (χ1) is 19.9. The molecule has 2 amide bonds. The number of imide groups is 1. The van der Waals surface area contributed by atoms with Crippen molar-refractivity contribution in [2.75, 3.05) is 23.4 Å². The first kappa shape index (κ1) is 27.0. The van der Waals surface area contributed by atoms with E-state index in [1.165, 1.54) is 4.90 Å². The van der Waals surface area contributed by atoms with Gasteiger partial charge in [0.15, 0.2) is 0 Å². The fraction of sp³-hybridized carbons (Fsp3) is 0.294. The van der Waals surface area contributed by atoms with Gasteiger partial charge in [-0.05, 0) is 79.8 Å². The molecule has 3 aromatic rings. The van der Waals surface area contributed by atoms with Gasteiger partial charge in [0.25, 0.3) is 0 Å². The zero-order valence-electron chi connectivity index (χ0n) is 23.0. The summed E-state index contributed by atoms with van der Waals surface area (Å²) in [4.78, 5) is 28.7. The molecule has 3 aliphatic rings. The van der Waals surface area contributed by atoms with Crippen molar-refractivity contribution in [3.63, 3.8) is 0 Å². The number of carbonyl (C=O) groups is 2. The molecular weight excluding hydrogens is 516 g/mol. The summed E-state index contributed by atoms with van der Waals surface area (Å²) in [6, 6.07) is 24.4. The van der Waals surface area contributed by atoms with E-state index in [1.54, 1.807) is 24.3 Å². The van der Waals surface area contributed by atoms with Gasteiger partial charge < -0.3 is 20.3 Å². The molecule has 0 aromatic heterocycles. The van der Waals surface area contributed by atoms with Gasteiger partial charge >= 0.3 is 0 Å². The van der Waals surface area contributed by atoms with Gasteiger partial charge in [0.1, 0.15) is 5.75 Å². The number of benzene rings is 3. The third kappa shape index (κ3) is 5.19. The van der Waals surface area contributed by atoms with Crippen LogP contribution in [0.15, 0.2) is 95.6 Å². The number of fused-ring (bicyclic) bond motifs is 3. The Morgan fingerprint density at radius 1 is 0.951 bits per heavy atom. The first-order valence-electron chi connectivity index (χ1n) is 14.1. The van der Waals surface area contributed by atoms with Crippen LogP contribution < -0.4 is 10.2 Å². The van der Waals surface area contributed by atoms with Crippen molar-refractivity contribution in [1.82, 2.24) is 0 Å². The summed E-state index contributed by atoms with van der Waals surface area (Å²) in [5.41, 5.74) is 6.06. The van der Waals surface area contributed by atoms with Gasteiger partial charge in [-0.3, -0.25) is 14.5 Å². The van der Waals surface area contributed by atoms with Gasteiger partial charge in [0.2, 0.25) is 11.8 Å². The van der Waals surface area contributed by atoms with Crippen molar-refractivity contribution in [1.29, 1.82) is 0 Å². The summed E-state index contributed by atoms with van der Waals surface area (Å²) < 4.78 is 6.23. The fourth-order valence-corrected chi connectivity index (χ4v) is 6.56. The van der Waals surface area contributed by atoms with Crippen molar-refractivity contribution >= 4 is 35.0 Å². The van der Waals surface area contributed by atoms with E-state index in [2.05, 4.69) is 5.32 Å². The smallest absolute Gasteiger partial charge is 0.238 e. The largest absolute Gasteiger partial charge is 0.507 e. The Hall–Kier alpha value is -4.20. The highest BCUT2D eigenvalue weighted by atomic mass is 16.5. The average Bonchev–Trinajstić information content (AvgIpc) is 3.52. The first-order valence-corrected chi connectivity index (χ1v) is 14.1. The van der Waals surface area contributed by atoms with Crippen LogP contribution in [0.25, 0.3) is 6.08 Å². The Balaban J connectivity index is 1.18. The molecule has 2 aliphatic heterocycles. The van der Waals surface area contributed by atoms with Gasteiger partial charge in [-0.1, -0.05) is 48.0 Å². The standard InChI is InChI=1S/C34H34N2O5/c1-21(17-22-7-5-6-10-29(22)38)11-16-30-31-23(19-37)18-27-32(28(31)20-41-30)34(40)36(33(27)39)26-14-12-25(13-15-26)35-24-8-3-2-4-9-24/h2-10,12-15,17,27-28,30,32,35,37-38H,11,16,18-20H2,1H3/b21-17+/t27-,28+,30-,32-/m1/s1. The number of nitrogens with one attached hydrogen (secondary N) is 1. The van der Waals surface area contributed by atoms with E-state index in [0.29, 0.717) is 25.1 Å². The summed E-state index contributed by atoms with van der Waals surface area (Å²) >= 11 is 0. The minimum Gasteiger partial charge on any atom is -0.507 e. The number of hydrogen-bond donors (Lipinski definition) is 3. The molecule has 0 unspecified atom stereocenters. The predicted octanol–water partition coefficient (Wildman–Crippen LogP) is 5.83. The predicted molar refractivity (Wildman–Crippen MR) is 159 cm³/mol. The third-order valence-electron chi connectivity index (χ3n) is 8.53. The highest BCUT2D eigenvalue weighted by Gasteiger charge is 2.57. The van der Waals surface area contributed by atoms with E-state index < -0.39 is 11.8 Å². The van der Waals surface area contributed by atoms with Crippen LogP contribution in [-0.2, 0) is 14.3 Å². The van der Waals surface area contributed by atoms with Crippen molar-refractivity contribution in [2.45, 2.75) is 32.3 Å². The number of allylic oxidation sites excluding steroid dienone is 1. The van der Waals surface area contributed by atoms with Gasteiger partial charge in [0.05, 0.1) is 36.8 Å². The number of nitrogens with zero attached hydrogens (tertiary/aromatic N) is 1. The van der Waals surface area contributed by atoms with E-state index >= 15 is 0 Å². The third-order valence-corrected chi connectivity index (χ3v) is 8.53. The Bertz CT molecular complexity index is 1510. The molecule has 41 heavy (non-hydrogen) atoms. The van der Waals surface area contributed by atoms with Crippen LogP contribution in [0.3, 0.4) is 0 Å². The molecule has 1 aliphatic carbocycles. The van der Waals surface area contributed by atoms with Gasteiger partial charge in [0, 0.05) is 22.9 Å². The second-order valence-electron chi connectivity index (χ2n) is 11.1. The van der Waals surface area contributed by atoms with Gasteiger partial charge in [-0.15, -0.1) is 0 Å². The molecule has 0 bridgehead atoms. The molecule has 0 radical (unpaired) electrons. The number of amides is 2. The minimum atomic E-state index is -0.495. The van der Waals surface area contributed by atoms with Crippen molar-refractivity contribution in [3.05, 3.63) is 101 Å². The number of phenols is 1. The average molecular weight is 551 g/mol. The summed E-state index contributed by atoms with van der Waals surface area (Å²) in [6.45, 7) is 2.23. The number of phenolic OH excluding ortho intramolecular Hbond substituents is 1. The van der Waals surface area contributed by atoms with E-state index in [1.807, 2.05) is 67.6 Å². The maximum absolute atomic E-state index is 13.8. The van der Waals surface area contributed by atoms with E-state index in [0.717, 1.165) is 40.1 Å². The molecule has 4 atom stereocenters. The molecule has 2 fully saturated rings. The normalized spacial score (nSPS) is 24.0. The lowest BCUT2D eigenvalue weighted by atomic mass is 9.69. The Morgan fingerprint density at radius 3 is 2.39 bits per heavy atom. The van der Waals surface area contributed by atoms with Crippen LogP contribution in [-0.4, -0.2) is 41.3 Å². The molecule has 0 spiro atoms. The lowest BCUT2D eigenvalue weighted by molar-refractivity contribution is -0.122. The Morgan fingerprint density at radius 2 is 1.66 bits per heavy atom. The summed E-state index contributed by atoms with van der Waals surface area (Å²) in [5.74, 6) is -1.36. The van der Waals surface area contributed by atoms with Crippen molar-refractivity contribution in [2.24, 2.45) is 17.8 Å². The monoisotopic (exact) mass is 550 g/mol. The van der Waals surface area contributed by atoms with Crippen molar-refractivity contribution < 1.29 is 24.5 Å². The maximum atomic E-state index is 13.8. The number of aliphatic hydroxyl groups is 1. The van der Waals surface area contributed by atoms with E-state index in [-0.39, 0.29) is 36.2 Å². The molecule has 6 rings (SSSR count). The number of ether oxygens (including phenoxy) is 1. The summed E-state index contributed by atoms with van der Waals surface area (Å²) in [7, 11) is 0. The Labute approximate surface area is 239 Å². The minimum absolute atomic E-state index is 0.150. The molecule has 2 heterocycles. The highest BCUT2D eigenvalue weighted by Crippen LogP contribution is 2.50. The van der Waals surface area contributed by atoms with Crippen LogP contribution in [0.4, 0.5) is 17.1 Å². The second-order valence-corrected chi connectivity index (χ2v) is 11.1. The number of aromatic hydroxyl groups is 1. The molecular formula is C34H34N2O5. The van der Waals surface area contributed by atoms with Crippen LogP contribution >= 0.6 is 0 Å². The van der Waals surface area contributed by atoms with Crippen LogP contribution in [0.5, 0.6) is 5.75 Å². The zero-order valence-corrected chi connectivity index (χ0v) is 23.0. The summed E-state index contributed by atoms with van der Waals surface area (Å²) in [6.07, 6.45) is 3.57. The van der Waals surface area contributed by atoms with Crippen LogP contribution in [0.2, 0.25) is 0 Å². The second kappa shape index (κ2) is 11.4. The molecule has 3 aromatic carbocycles. The van der Waals surface area contributed by atoms with Crippen molar-refractivity contribution in [3.8, 4) is 5.75 Å². The number of para-hydroxylation sites is 2. The topological polar surface area (TPSA) is 99.1 Å². The lowest BCUT2D eigenvalue weighted by Crippen LogP contribution is -2.35. The number of aliphatic hydroxyl groups excluding tert-OH is 1. The Kier molecular flexibility index (Phi) is 7.47. The molecule has 0 saturated carbocycles. The molecule has 2 saturated heterocycles. The van der Waals surface area contributed by atoms with Crippen LogP contribution in [0.1, 0.15) is 31.7 Å². The number of carbonyl (C=O) groups excluding carboxylic acids is 2. The van der Waals surface area contributed by atoms with E-state index in [4.69, 9.17) is 4.74 Å². The quantitative estimate of drug-likeness (QED) is 0.241. The zero-order chi connectivity index (χ0) is 28.5. The molecule has 7 heteroatoms. The fourth-order valence-electron chi connectivity index (χ4n) is 6.56. The van der Waals surface area contributed by atoms with Gasteiger partial charge in [-0.2, -0.15) is 0 Å². The highest BCUT2D eigenvalue weighted by molar-refractivity contribution is 6.22. The molecule has 7 nitrogen and oxygen atoms in total. The number of hydrogen-bond acceptors (Lipinski definition) is 6. The lowest BCUT2D eigenvalue weighted by Gasteiger charge is -2.31. The van der Waals surface area contributed by atoms with E-state index in [9.17, 15) is 19.8 Å². The summed E-state index contributed by atoms with van der Waals surface area (Å²) in [5, 5.41) is 23.7.